The Morgan fingerprint density at radius 3 is 2.71 bits per heavy atom. The van der Waals surface area contributed by atoms with Crippen LogP contribution in [0.25, 0.3) is 0 Å². The molecule has 0 amide bonds. The largest absolute Gasteiger partial charge is 0.487 e. The van der Waals surface area contributed by atoms with Gasteiger partial charge in [0, 0.05) is 18.5 Å². The van der Waals surface area contributed by atoms with Crippen molar-refractivity contribution in [3.8, 4) is 11.8 Å². The summed E-state index contributed by atoms with van der Waals surface area (Å²) in [6.45, 7) is 6.11. The highest BCUT2D eigenvalue weighted by Gasteiger charge is 2.16. The van der Waals surface area contributed by atoms with Gasteiger partial charge >= 0.3 is 5.69 Å². The van der Waals surface area contributed by atoms with Gasteiger partial charge in [-0.05, 0) is 31.9 Å². The summed E-state index contributed by atoms with van der Waals surface area (Å²) in [5.74, 6) is 0.249. The van der Waals surface area contributed by atoms with E-state index < -0.39 is 4.92 Å². The van der Waals surface area contributed by atoms with Gasteiger partial charge in [-0.1, -0.05) is 13.0 Å². The van der Waals surface area contributed by atoms with Crippen LogP contribution in [0.1, 0.15) is 32.8 Å². The van der Waals surface area contributed by atoms with Gasteiger partial charge in [0.25, 0.3) is 0 Å². The number of rotatable bonds is 8. The molecule has 21 heavy (non-hydrogen) atoms. The van der Waals surface area contributed by atoms with Gasteiger partial charge in [-0.2, -0.15) is 5.26 Å². The fourth-order valence-electron chi connectivity index (χ4n) is 1.92. The Bertz CT molecular complexity index is 523. The molecule has 114 valence electrons. The second kappa shape index (κ2) is 8.22. The second-order valence-corrected chi connectivity index (χ2v) is 5.05. The van der Waals surface area contributed by atoms with E-state index in [1.165, 1.54) is 6.07 Å². The van der Waals surface area contributed by atoms with Crippen LogP contribution < -0.4 is 10.1 Å². The van der Waals surface area contributed by atoms with Crippen molar-refractivity contribution in [2.45, 2.75) is 45.7 Å². The normalized spacial score (nSPS) is 12.0. The minimum atomic E-state index is -0.442. The summed E-state index contributed by atoms with van der Waals surface area (Å²) >= 11 is 0. The standard InChI is InChI=1S/C15H21N3O3/c1-4-12-5-6-15(14(9-12)18(19)20)21-8-7-13(10-16)17-11(2)3/h5-6,9,11,13,17H,4,7-8H2,1-3H3. The highest BCUT2D eigenvalue weighted by Crippen LogP contribution is 2.28. The Kier molecular flexibility index (Phi) is 6.63. The molecule has 1 N–H and O–H groups in total. The SMILES string of the molecule is CCc1ccc(OCCC(C#N)NC(C)C)c([N+](=O)[O-])c1. The van der Waals surface area contributed by atoms with Crippen molar-refractivity contribution in [2.75, 3.05) is 6.61 Å². The lowest BCUT2D eigenvalue weighted by molar-refractivity contribution is -0.385. The summed E-state index contributed by atoms with van der Waals surface area (Å²) in [6, 6.07) is 7.00. The van der Waals surface area contributed by atoms with Gasteiger partial charge in [0.1, 0.15) is 0 Å². The first-order chi connectivity index (χ1) is 9.97. The van der Waals surface area contributed by atoms with E-state index in [1.54, 1.807) is 6.07 Å². The third-order valence-corrected chi connectivity index (χ3v) is 2.98. The summed E-state index contributed by atoms with van der Waals surface area (Å²) in [5.41, 5.74) is 0.866. The van der Waals surface area contributed by atoms with E-state index >= 15 is 0 Å². The maximum Gasteiger partial charge on any atom is 0.311 e. The molecule has 0 heterocycles. The molecule has 1 atom stereocenters. The number of ether oxygens (including phenoxy) is 1. The molecule has 0 radical (unpaired) electrons. The molecule has 1 aromatic rings. The van der Waals surface area contributed by atoms with Crippen molar-refractivity contribution in [1.82, 2.24) is 5.32 Å². The molecule has 6 nitrogen and oxygen atoms in total. The number of hydrogen-bond donors (Lipinski definition) is 1. The van der Waals surface area contributed by atoms with Crippen LogP contribution in [0.15, 0.2) is 18.2 Å². The maximum absolute atomic E-state index is 11.0. The highest BCUT2D eigenvalue weighted by molar-refractivity contribution is 5.48. The number of benzene rings is 1. The van der Waals surface area contributed by atoms with Gasteiger partial charge in [-0.25, -0.2) is 0 Å². The van der Waals surface area contributed by atoms with Crippen LogP contribution in [0.5, 0.6) is 5.75 Å². The Balaban J connectivity index is 2.67. The zero-order valence-corrected chi connectivity index (χ0v) is 12.6. The van der Waals surface area contributed by atoms with Crippen LogP contribution in [0.3, 0.4) is 0 Å². The summed E-state index contributed by atoms with van der Waals surface area (Å²) in [7, 11) is 0. The van der Waals surface area contributed by atoms with Crippen LogP contribution in [0.2, 0.25) is 0 Å². The van der Waals surface area contributed by atoms with E-state index in [9.17, 15) is 10.1 Å². The molecule has 6 heteroatoms. The number of nitro groups is 1. The highest BCUT2D eigenvalue weighted by atomic mass is 16.6. The molecular formula is C15H21N3O3. The molecule has 0 saturated carbocycles. The van der Waals surface area contributed by atoms with Crippen LogP contribution in [-0.2, 0) is 6.42 Å². The Hall–Kier alpha value is -2.13. The lowest BCUT2D eigenvalue weighted by Gasteiger charge is -2.15. The average molecular weight is 291 g/mol. The minimum absolute atomic E-state index is 0.0281. The van der Waals surface area contributed by atoms with Gasteiger partial charge in [-0.3, -0.25) is 15.4 Å². The lowest BCUT2D eigenvalue weighted by Crippen LogP contribution is -2.34. The number of nitrogens with zero attached hydrogens (tertiary/aromatic N) is 2. The first-order valence-electron chi connectivity index (χ1n) is 7.03. The van der Waals surface area contributed by atoms with Gasteiger partial charge in [0.15, 0.2) is 5.75 Å². The van der Waals surface area contributed by atoms with E-state index in [-0.39, 0.29) is 30.1 Å². The van der Waals surface area contributed by atoms with Crippen molar-refractivity contribution in [2.24, 2.45) is 0 Å². The summed E-state index contributed by atoms with van der Waals surface area (Å²) in [6.07, 6.45) is 1.21. The van der Waals surface area contributed by atoms with E-state index in [4.69, 9.17) is 10.00 Å². The van der Waals surface area contributed by atoms with Gasteiger partial charge < -0.3 is 4.74 Å². The van der Waals surface area contributed by atoms with Crippen LogP contribution >= 0.6 is 0 Å². The van der Waals surface area contributed by atoms with Gasteiger partial charge in [0.05, 0.1) is 23.6 Å². The van der Waals surface area contributed by atoms with Gasteiger partial charge in [-0.15, -0.1) is 0 Å². The third kappa shape index (κ3) is 5.40. The summed E-state index contributed by atoms with van der Waals surface area (Å²) in [4.78, 5) is 10.6. The minimum Gasteiger partial charge on any atom is -0.487 e. The van der Waals surface area contributed by atoms with Crippen LogP contribution in [0.4, 0.5) is 5.69 Å². The number of hydrogen-bond acceptors (Lipinski definition) is 5. The first-order valence-corrected chi connectivity index (χ1v) is 7.03. The van der Waals surface area contributed by atoms with E-state index in [0.29, 0.717) is 6.42 Å². The van der Waals surface area contributed by atoms with Crippen LogP contribution in [-0.4, -0.2) is 23.6 Å². The van der Waals surface area contributed by atoms with Crippen molar-refractivity contribution >= 4 is 5.69 Å². The van der Waals surface area contributed by atoms with Crippen molar-refractivity contribution in [3.63, 3.8) is 0 Å². The second-order valence-electron chi connectivity index (χ2n) is 5.05. The molecule has 0 aliphatic rings. The lowest BCUT2D eigenvalue weighted by atomic mass is 10.1. The zero-order valence-electron chi connectivity index (χ0n) is 12.6. The van der Waals surface area contributed by atoms with Crippen LogP contribution in [0, 0.1) is 21.4 Å². The monoisotopic (exact) mass is 291 g/mol. The number of aryl methyl sites for hydroxylation is 1. The smallest absolute Gasteiger partial charge is 0.311 e. The topological polar surface area (TPSA) is 88.2 Å². The van der Waals surface area contributed by atoms with E-state index in [1.807, 2.05) is 26.8 Å². The fourth-order valence-corrected chi connectivity index (χ4v) is 1.92. The Morgan fingerprint density at radius 1 is 1.48 bits per heavy atom. The van der Waals surface area contributed by atoms with E-state index in [2.05, 4.69) is 11.4 Å². The zero-order chi connectivity index (χ0) is 15.8. The first kappa shape index (κ1) is 16.9. The molecule has 0 aromatic heterocycles. The number of nitriles is 1. The van der Waals surface area contributed by atoms with E-state index in [0.717, 1.165) is 12.0 Å². The predicted molar refractivity (Wildman–Crippen MR) is 80.3 cm³/mol. The summed E-state index contributed by atoms with van der Waals surface area (Å²) < 4.78 is 5.48. The third-order valence-electron chi connectivity index (χ3n) is 2.98. The molecule has 1 rings (SSSR count). The van der Waals surface area contributed by atoms with Gasteiger partial charge in [0.2, 0.25) is 0 Å². The average Bonchev–Trinajstić information content (AvgIpc) is 2.45. The van der Waals surface area contributed by atoms with Crippen molar-refractivity contribution in [1.29, 1.82) is 5.26 Å². The molecule has 0 aliphatic carbocycles. The molecule has 0 spiro atoms. The Morgan fingerprint density at radius 2 is 2.19 bits per heavy atom. The maximum atomic E-state index is 11.0. The quantitative estimate of drug-likeness (QED) is 0.587. The molecule has 0 bridgehead atoms. The molecule has 1 aromatic carbocycles. The molecule has 0 aliphatic heterocycles. The predicted octanol–water partition coefficient (Wildman–Crippen LogP) is 2.82. The molecule has 1 unspecified atom stereocenters. The molecule has 0 fully saturated rings. The molecular weight excluding hydrogens is 270 g/mol. The van der Waals surface area contributed by atoms with Crippen molar-refractivity contribution < 1.29 is 9.66 Å². The van der Waals surface area contributed by atoms with Crippen molar-refractivity contribution in [3.05, 3.63) is 33.9 Å². The fraction of sp³-hybridized carbons (Fsp3) is 0.533. The molecule has 0 saturated heterocycles. The summed E-state index contributed by atoms with van der Waals surface area (Å²) in [5, 5.41) is 23.2. The Labute approximate surface area is 124 Å². The number of nitrogens with one attached hydrogen (secondary N) is 1. The number of nitro benzene ring substituents is 1.